The van der Waals surface area contributed by atoms with Crippen molar-refractivity contribution in [2.24, 2.45) is 5.92 Å². The molecule has 0 amide bonds. The second-order valence-electron chi connectivity index (χ2n) is 7.33. The Bertz CT molecular complexity index is 1180. The summed E-state index contributed by atoms with van der Waals surface area (Å²) in [5, 5.41) is 4.30. The molecule has 0 radical (unpaired) electrons. The van der Waals surface area contributed by atoms with Crippen LogP contribution < -0.4 is 10.6 Å². The SMILES string of the molecule is CCn1c(=O)n(CC2CCN(c3nccn4nccc34)CC2)c2ncccc21. The number of aromatic nitrogens is 6. The molecule has 8 heteroatoms. The van der Waals surface area contributed by atoms with E-state index in [4.69, 9.17) is 0 Å². The molecular weight excluding hydrogens is 354 g/mol. The molecule has 0 aromatic carbocycles. The Morgan fingerprint density at radius 2 is 1.89 bits per heavy atom. The first-order valence-electron chi connectivity index (χ1n) is 9.83. The highest BCUT2D eigenvalue weighted by Gasteiger charge is 2.24. The van der Waals surface area contributed by atoms with E-state index >= 15 is 0 Å². The van der Waals surface area contributed by atoms with Crippen molar-refractivity contribution >= 4 is 22.5 Å². The minimum absolute atomic E-state index is 0.0457. The van der Waals surface area contributed by atoms with Gasteiger partial charge in [0.05, 0.1) is 11.7 Å². The first kappa shape index (κ1) is 17.0. The van der Waals surface area contributed by atoms with Crippen molar-refractivity contribution in [2.45, 2.75) is 32.9 Å². The number of hydrogen-bond donors (Lipinski definition) is 0. The third-order valence-electron chi connectivity index (χ3n) is 5.75. The van der Waals surface area contributed by atoms with E-state index in [1.165, 1.54) is 0 Å². The lowest BCUT2D eigenvalue weighted by Crippen LogP contribution is -2.37. The standard InChI is InChI=1S/C20H23N7O/c1-2-25-16-4-3-8-21-19(16)26(20(25)28)14-15-6-11-24(12-7-15)18-17-5-9-23-27(17)13-10-22-18/h3-5,8-10,13,15H,2,6-7,11-12,14H2,1H3. The number of fused-ring (bicyclic) bond motifs is 2. The Balaban J connectivity index is 1.36. The molecule has 0 spiro atoms. The zero-order valence-corrected chi connectivity index (χ0v) is 15.9. The maximum atomic E-state index is 12.9. The molecule has 1 aliphatic heterocycles. The first-order chi connectivity index (χ1) is 13.8. The molecule has 1 fully saturated rings. The number of pyridine rings is 1. The van der Waals surface area contributed by atoms with Crippen LogP contribution in [-0.2, 0) is 13.1 Å². The molecule has 5 rings (SSSR count). The van der Waals surface area contributed by atoms with Gasteiger partial charge >= 0.3 is 5.69 Å². The largest absolute Gasteiger partial charge is 0.355 e. The maximum Gasteiger partial charge on any atom is 0.330 e. The molecule has 0 bridgehead atoms. The lowest BCUT2D eigenvalue weighted by Gasteiger charge is -2.33. The summed E-state index contributed by atoms with van der Waals surface area (Å²) in [6, 6.07) is 5.87. The van der Waals surface area contributed by atoms with Gasteiger partial charge in [0, 0.05) is 44.8 Å². The summed E-state index contributed by atoms with van der Waals surface area (Å²) in [5.74, 6) is 1.44. The van der Waals surface area contributed by atoms with Crippen LogP contribution in [0.2, 0.25) is 0 Å². The molecule has 28 heavy (non-hydrogen) atoms. The number of aryl methyl sites for hydroxylation is 1. The fourth-order valence-corrected chi connectivity index (χ4v) is 4.29. The highest BCUT2D eigenvalue weighted by molar-refractivity contribution is 5.71. The molecule has 0 N–H and O–H groups in total. The molecule has 4 aromatic rings. The molecule has 0 saturated carbocycles. The van der Waals surface area contributed by atoms with Crippen molar-refractivity contribution in [2.75, 3.05) is 18.0 Å². The van der Waals surface area contributed by atoms with Crippen LogP contribution in [-0.4, -0.2) is 41.8 Å². The van der Waals surface area contributed by atoms with Gasteiger partial charge in [0.15, 0.2) is 11.5 Å². The van der Waals surface area contributed by atoms with E-state index in [0.29, 0.717) is 12.5 Å². The van der Waals surface area contributed by atoms with Gasteiger partial charge in [0.1, 0.15) is 5.52 Å². The smallest absolute Gasteiger partial charge is 0.330 e. The highest BCUT2D eigenvalue weighted by Crippen LogP contribution is 2.26. The van der Waals surface area contributed by atoms with Crippen LogP contribution in [0, 0.1) is 5.92 Å². The van der Waals surface area contributed by atoms with E-state index in [1.807, 2.05) is 45.0 Å². The lowest BCUT2D eigenvalue weighted by molar-refractivity contribution is 0.353. The maximum absolute atomic E-state index is 12.9. The van der Waals surface area contributed by atoms with Gasteiger partial charge in [-0.25, -0.2) is 19.3 Å². The Morgan fingerprint density at radius 1 is 1.04 bits per heavy atom. The third-order valence-corrected chi connectivity index (χ3v) is 5.75. The summed E-state index contributed by atoms with van der Waals surface area (Å²) >= 11 is 0. The van der Waals surface area contributed by atoms with Crippen LogP contribution in [0.5, 0.6) is 0 Å². The molecular formula is C20H23N7O. The highest BCUT2D eigenvalue weighted by atomic mass is 16.1. The predicted molar refractivity (Wildman–Crippen MR) is 108 cm³/mol. The number of hydrogen-bond acceptors (Lipinski definition) is 5. The van der Waals surface area contributed by atoms with Gasteiger partial charge in [0.2, 0.25) is 0 Å². The fraction of sp³-hybridized carbons (Fsp3) is 0.400. The predicted octanol–water partition coefficient (Wildman–Crippen LogP) is 2.18. The van der Waals surface area contributed by atoms with Crippen molar-refractivity contribution in [3.05, 3.63) is 53.5 Å². The van der Waals surface area contributed by atoms with Crippen LogP contribution in [0.1, 0.15) is 19.8 Å². The number of anilines is 1. The minimum atomic E-state index is 0.0457. The normalized spacial score (nSPS) is 15.7. The van der Waals surface area contributed by atoms with Gasteiger partial charge in [-0.15, -0.1) is 0 Å². The fourth-order valence-electron chi connectivity index (χ4n) is 4.29. The van der Waals surface area contributed by atoms with E-state index < -0.39 is 0 Å². The summed E-state index contributed by atoms with van der Waals surface area (Å²) < 4.78 is 5.52. The van der Waals surface area contributed by atoms with E-state index in [2.05, 4.69) is 20.0 Å². The number of nitrogens with zero attached hydrogens (tertiary/aromatic N) is 7. The van der Waals surface area contributed by atoms with Gasteiger partial charge in [-0.3, -0.25) is 9.13 Å². The van der Waals surface area contributed by atoms with Crippen LogP contribution in [0.4, 0.5) is 5.82 Å². The molecule has 0 aliphatic carbocycles. The van der Waals surface area contributed by atoms with Gasteiger partial charge in [-0.1, -0.05) is 0 Å². The van der Waals surface area contributed by atoms with Crippen molar-refractivity contribution < 1.29 is 0 Å². The molecule has 1 aliphatic rings. The second kappa shape index (κ2) is 6.78. The zero-order chi connectivity index (χ0) is 19.1. The summed E-state index contributed by atoms with van der Waals surface area (Å²) in [7, 11) is 0. The Kier molecular flexibility index (Phi) is 4.11. The van der Waals surface area contributed by atoms with Crippen LogP contribution in [0.3, 0.4) is 0 Å². The number of piperidine rings is 1. The topological polar surface area (TPSA) is 73.2 Å². The molecule has 0 unspecified atom stereocenters. The van der Waals surface area contributed by atoms with E-state index in [9.17, 15) is 4.79 Å². The monoisotopic (exact) mass is 377 g/mol. The number of imidazole rings is 1. The van der Waals surface area contributed by atoms with Gasteiger partial charge in [-0.05, 0) is 43.9 Å². The van der Waals surface area contributed by atoms with Crippen molar-refractivity contribution in [1.29, 1.82) is 0 Å². The zero-order valence-electron chi connectivity index (χ0n) is 15.9. The van der Waals surface area contributed by atoms with E-state index in [1.54, 1.807) is 18.6 Å². The second-order valence-corrected chi connectivity index (χ2v) is 7.33. The van der Waals surface area contributed by atoms with Gasteiger partial charge in [-0.2, -0.15) is 5.10 Å². The van der Waals surface area contributed by atoms with Gasteiger partial charge in [0.25, 0.3) is 0 Å². The summed E-state index contributed by atoms with van der Waals surface area (Å²) in [6.07, 6.45) is 9.28. The summed E-state index contributed by atoms with van der Waals surface area (Å²) in [6.45, 7) is 5.24. The van der Waals surface area contributed by atoms with Crippen molar-refractivity contribution in [3.8, 4) is 0 Å². The van der Waals surface area contributed by atoms with E-state index in [-0.39, 0.29) is 5.69 Å². The third kappa shape index (κ3) is 2.67. The van der Waals surface area contributed by atoms with Crippen LogP contribution in [0.15, 0.2) is 47.8 Å². The average Bonchev–Trinajstić information content (AvgIpc) is 3.31. The molecule has 5 heterocycles. The van der Waals surface area contributed by atoms with Crippen LogP contribution >= 0.6 is 0 Å². The molecule has 144 valence electrons. The summed E-state index contributed by atoms with van der Waals surface area (Å²) in [4.78, 5) is 24.2. The van der Waals surface area contributed by atoms with Crippen molar-refractivity contribution in [1.82, 2.24) is 28.7 Å². The van der Waals surface area contributed by atoms with Crippen molar-refractivity contribution in [3.63, 3.8) is 0 Å². The van der Waals surface area contributed by atoms with E-state index in [0.717, 1.165) is 55.0 Å². The minimum Gasteiger partial charge on any atom is -0.355 e. The quantitative estimate of drug-likeness (QED) is 0.545. The molecule has 8 nitrogen and oxygen atoms in total. The summed E-state index contributed by atoms with van der Waals surface area (Å²) in [5.41, 5.74) is 2.79. The lowest BCUT2D eigenvalue weighted by atomic mass is 9.96. The Labute approximate surface area is 162 Å². The Morgan fingerprint density at radius 3 is 2.71 bits per heavy atom. The Hall–Kier alpha value is -3.16. The first-order valence-corrected chi connectivity index (χ1v) is 9.83. The number of rotatable bonds is 4. The van der Waals surface area contributed by atoms with Gasteiger partial charge < -0.3 is 4.90 Å². The average molecular weight is 377 g/mol. The molecule has 0 atom stereocenters. The molecule has 4 aromatic heterocycles. The molecule has 1 saturated heterocycles. The van der Waals surface area contributed by atoms with Crippen LogP contribution in [0.25, 0.3) is 16.7 Å².